The van der Waals surface area contributed by atoms with Gasteiger partial charge in [-0.05, 0) is 77.4 Å². The minimum atomic E-state index is -1.84. The number of allylic oxidation sites excluding steroid dienone is 8. The third kappa shape index (κ3) is 18.2. The molecule has 0 aromatic rings. The smallest absolute Gasteiger partial charge is 0.331 e. The molecule has 5 aliphatic heterocycles. The summed E-state index contributed by atoms with van der Waals surface area (Å²) in [5, 5.41) is 88.9. The maximum atomic E-state index is 14.0. The van der Waals surface area contributed by atoms with Crippen molar-refractivity contribution in [2.24, 2.45) is 35.5 Å². The summed E-state index contributed by atoms with van der Waals surface area (Å²) in [6.45, 7) is 22.4. The fourth-order valence-corrected chi connectivity index (χ4v) is 12.6. The first-order chi connectivity index (χ1) is 38.8. The average molecular weight is 1160 g/mol. The molecular formula is C63H102O19. The maximum Gasteiger partial charge on any atom is 0.331 e. The molecule has 19 heteroatoms. The maximum absolute atomic E-state index is 14.0. The number of esters is 2. The number of cyclic esters (lactones) is 2. The van der Waals surface area contributed by atoms with Crippen LogP contribution in [0.1, 0.15) is 154 Å². The van der Waals surface area contributed by atoms with Crippen molar-refractivity contribution in [3.8, 4) is 0 Å². The van der Waals surface area contributed by atoms with Crippen LogP contribution in [0, 0.1) is 35.5 Å². The number of carbonyl (C=O) groups excluding carboxylic acids is 2. The SMILES string of the molecule is CCC1=C/C=C/C(CC)C(C(C)C(O)CC2(O)CC(OC3CC(O)C(O)C(C)O3)C(CC)C(C)O2)OC(=O)/C=C/C(CC)=C/C=C/C(CC)C(C(C)C(O)CC2(OC)CC(OC3OC(C)C(O)C(O)C3O)C(CC)C(C)O2)OC(=O)/C=C\1. The summed E-state index contributed by atoms with van der Waals surface area (Å²) in [7, 11) is 1.49. The topological polar surface area (TPSA) is 279 Å². The molecular weight excluding hydrogens is 1060 g/mol. The number of aliphatic hydroxyl groups excluding tert-OH is 7. The van der Waals surface area contributed by atoms with Crippen LogP contribution in [0.2, 0.25) is 0 Å². The summed E-state index contributed by atoms with van der Waals surface area (Å²) in [5.41, 5.74) is 1.56. The Morgan fingerprint density at radius 3 is 1.56 bits per heavy atom. The van der Waals surface area contributed by atoms with E-state index < -0.39 is 151 Å². The fraction of sp³-hybridized carbons (Fsp3) is 0.778. The van der Waals surface area contributed by atoms with Crippen LogP contribution in [0.25, 0.3) is 0 Å². The van der Waals surface area contributed by atoms with Gasteiger partial charge in [-0.3, -0.25) is 0 Å². The van der Waals surface area contributed by atoms with Crippen LogP contribution in [-0.4, -0.2) is 176 Å². The number of hydrogen-bond acceptors (Lipinski definition) is 19. The van der Waals surface area contributed by atoms with E-state index >= 15 is 0 Å². The Balaban J connectivity index is 1.39. The van der Waals surface area contributed by atoms with Crippen molar-refractivity contribution in [2.45, 2.75) is 269 Å². The van der Waals surface area contributed by atoms with Gasteiger partial charge < -0.3 is 83.5 Å². The molecule has 0 spiro atoms. The number of methoxy groups -OCH3 is 1. The van der Waals surface area contributed by atoms with Gasteiger partial charge in [0, 0.05) is 86.9 Å². The number of rotatable bonds is 19. The van der Waals surface area contributed by atoms with Crippen molar-refractivity contribution in [3.63, 3.8) is 0 Å². The Morgan fingerprint density at radius 1 is 0.598 bits per heavy atom. The molecule has 0 radical (unpaired) electrons. The van der Waals surface area contributed by atoms with Crippen LogP contribution >= 0.6 is 0 Å². The molecule has 8 N–H and O–H groups in total. The second-order valence-electron chi connectivity index (χ2n) is 23.7. The van der Waals surface area contributed by atoms with Gasteiger partial charge in [0.25, 0.3) is 0 Å². The molecule has 25 atom stereocenters. The lowest BCUT2D eigenvalue weighted by Gasteiger charge is -2.49. The number of hydrogen-bond donors (Lipinski definition) is 8. The van der Waals surface area contributed by atoms with Gasteiger partial charge in [-0.2, -0.15) is 0 Å². The molecule has 0 bridgehead atoms. The number of ether oxygens (including phenoxy) is 9. The largest absolute Gasteiger partial charge is 0.458 e. The molecule has 4 fully saturated rings. The predicted octanol–water partition coefficient (Wildman–Crippen LogP) is 6.70. The van der Waals surface area contributed by atoms with Crippen LogP contribution in [0.4, 0.5) is 0 Å². The summed E-state index contributed by atoms with van der Waals surface area (Å²) in [4.78, 5) is 27.9. The van der Waals surface area contributed by atoms with Gasteiger partial charge in [0.2, 0.25) is 0 Å². The normalized spacial score (nSPS) is 43.7. The molecule has 4 saturated heterocycles. The second kappa shape index (κ2) is 32.0. The van der Waals surface area contributed by atoms with Crippen LogP contribution in [-0.2, 0) is 52.2 Å². The first-order valence-corrected chi connectivity index (χ1v) is 30.3. The molecule has 5 rings (SSSR count). The molecule has 5 heterocycles. The summed E-state index contributed by atoms with van der Waals surface area (Å²) in [6.07, 6.45) is 4.49. The van der Waals surface area contributed by atoms with E-state index in [1.165, 1.54) is 19.3 Å². The quantitative estimate of drug-likeness (QED) is 0.0625. The highest BCUT2D eigenvalue weighted by atomic mass is 16.7. The van der Waals surface area contributed by atoms with E-state index in [1.54, 1.807) is 32.9 Å². The highest BCUT2D eigenvalue weighted by molar-refractivity contribution is 5.83. The lowest BCUT2D eigenvalue weighted by Crippen LogP contribution is -2.60. The van der Waals surface area contributed by atoms with Gasteiger partial charge in [-0.25, -0.2) is 9.59 Å². The Bertz CT molecular complexity index is 2170. The lowest BCUT2D eigenvalue weighted by molar-refractivity contribution is -0.351. The van der Waals surface area contributed by atoms with E-state index in [0.29, 0.717) is 38.5 Å². The zero-order chi connectivity index (χ0) is 60.8. The van der Waals surface area contributed by atoms with Crippen LogP contribution < -0.4 is 0 Å². The van der Waals surface area contributed by atoms with E-state index in [1.807, 2.05) is 98.8 Å². The molecule has 0 aliphatic carbocycles. The Hall–Kier alpha value is -3.22. The zero-order valence-corrected chi connectivity index (χ0v) is 50.9. The van der Waals surface area contributed by atoms with Crippen molar-refractivity contribution in [1.29, 1.82) is 0 Å². The highest BCUT2D eigenvalue weighted by Gasteiger charge is 2.52. The molecule has 82 heavy (non-hydrogen) atoms. The average Bonchev–Trinajstić information content (AvgIpc) is 3.64. The van der Waals surface area contributed by atoms with Crippen molar-refractivity contribution in [2.75, 3.05) is 7.11 Å². The third-order valence-electron chi connectivity index (χ3n) is 18.0. The van der Waals surface area contributed by atoms with E-state index in [9.17, 15) is 50.4 Å². The monoisotopic (exact) mass is 1160 g/mol. The van der Waals surface area contributed by atoms with Gasteiger partial charge in [0.05, 0.1) is 54.9 Å². The van der Waals surface area contributed by atoms with E-state index in [4.69, 9.17) is 42.6 Å². The molecule has 5 aliphatic rings. The standard InChI is InChI=1S/C63H102O19/c1-14-41-22-20-24-43(16-3)59(35(7)48(65)31-62(73)33-50(45(18-5)37(9)81-62)77-54-30-47(64)55(69)39(11)75-54)79-52(67)28-26-42(15-2)23-21-25-44(17-4)60(80-53(68)29-27-41)36(8)49(66)32-63(74-13)34-51(46(19-6)38(10)82-63)78-61-58(72)57(71)56(70)40(12)76-61/h20-29,35-40,43-51,54-61,64-66,69-73H,14-19,30-34H2,1-13H3/b24-20+,25-21+,28-26+,29-27-,41-22-,42-23+. The van der Waals surface area contributed by atoms with Crippen LogP contribution in [0.3, 0.4) is 0 Å². The molecule has 468 valence electrons. The first-order valence-electron chi connectivity index (χ1n) is 30.3. The Morgan fingerprint density at radius 2 is 1.09 bits per heavy atom. The zero-order valence-electron chi connectivity index (χ0n) is 50.9. The van der Waals surface area contributed by atoms with Gasteiger partial charge in [-0.1, -0.05) is 104 Å². The van der Waals surface area contributed by atoms with Crippen LogP contribution in [0.15, 0.2) is 71.9 Å². The van der Waals surface area contributed by atoms with Crippen molar-refractivity contribution < 1.29 is 93.1 Å². The first kappa shape index (κ1) is 69.6. The summed E-state index contributed by atoms with van der Waals surface area (Å²) >= 11 is 0. The van der Waals surface area contributed by atoms with Crippen molar-refractivity contribution >= 4 is 11.9 Å². The summed E-state index contributed by atoms with van der Waals surface area (Å²) in [5.74, 6) is -6.99. The van der Waals surface area contributed by atoms with Crippen molar-refractivity contribution in [3.05, 3.63) is 71.9 Å². The number of carbonyl (C=O) groups is 2. The van der Waals surface area contributed by atoms with E-state index in [0.717, 1.165) is 11.1 Å². The third-order valence-corrected chi connectivity index (χ3v) is 18.0. The minimum Gasteiger partial charge on any atom is -0.458 e. The van der Waals surface area contributed by atoms with Gasteiger partial charge in [0.1, 0.15) is 36.6 Å². The molecule has 19 nitrogen and oxygen atoms in total. The Labute approximate surface area is 487 Å². The predicted molar refractivity (Wildman–Crippen MR) is 306 cm³/mol. The van der Waals surface area contributed by atoms with E-state index in [2.05, 4.69) is 0 Å². The molecule has 0 aromatic carbocycles. The summed E-state index contributed by atoms with van der Waals surface area (Å²) in [6, 6.07) is 0. The second-order valence-corrected chi connectivity index (χ2v) is 23.7. The lowest BCUT2D eigenvalue weighted by atomic mass is 9.80. The molecule has 0 saturated carbocycles. The van der Waals surface area contributed by atoms with E-state index in [-0.39, 0.29) is 43.9 Å². The Kier molecular flexibility index (Phi) is 27.1. The molecule has 0 aromatic heterocycles. The van der Waals surface area contributed by atoms with Crippen molar-refractivity contribution in [1.82, 2.24) is 0 Å². The molecule has 0 amide bonds. The highest BCUT2D eigenvalue weighted by Crippen LogP contribution is 2.44. The minimum absolute atomic E-state index is 0.00375. The van der Waals surface area contributed by atoms with Gasteiger partial charge in [0.15, 0.2) is 24.2 Å². The van der Waals surface area contributed by atoms with Gasteiger partial charge >= 0.3 is 11.9 Å². The summed E-state index contributed by atoms with van der Waals surface area (Å²) < 4.78 is 56.1. The van der Waals surface area contributed by atoms with Crippen LogP contribution in [0.5, 0.6) is 0 Å². The molecule has 25 unspecified atom stereocenters. The van der Waals surface area contributed by atoms with Gasteiger partial charge in [-0.15, -0.1) is 0 Å². The number of aliphatic hydroxyl groups is 8. The fourth-order valence-electron chi connectivity index (χ4n) is 12.6.